The second-order valence-corrected chi connectivity index (χ2v) is 9.78. The molecule has 134 valence electrons. The van der Waals surface area contributed by atoms with Crippen LogP contribution in [-0.4, -0.2) is 31.8 Å². The molecule has 5 nitrogen and oxygen atoms in total. The van der Waals surface area contributed by atoms with Crippen LogP contribution in [0.3, 0.4) is 0 Å². The molecule has 0 unspecified atom stereocenters. The molecule has 0 bridgehead atoms. The zero-order valence-corrected chi connectivity index (χ0v) is 16.0. The average molecular weight is 400 g/mol. The summed E-state index contributed by atoms with van der Waals surface area (Å²) in [5.41, 5.74) is 0. The number of benzene rings is 1. The zero-order chi connectivity index (χ0) is 18.0. The Labute approximate surface area is 156 Å². The molecule has 0 N–H and O–H groups in total. The second-order valence-electron chi connectivity index (χ2n) is 5.92. The van der Waals surface area contributed by atoms with Crippen LogP contribution in [0.4, 0.5) is 0 Å². The number of piperidine rings is 1. The molecule has 0 saturated carbocycles. The largest absolute Gasteiger partial charge is 0.425 e. The summed E-state index contributed by atoms with van der Waals surface area (Å²) in [4.78, 5) is 13.4. The number of esters is 1. The molecule has 1 saturated heterocycles. The van der Waals surface area contributed by atoms with Gasteiger partial charge in [-0.25, -0.2) is 8.42 Å². The first kappa shape index (κ1) is 18.4. The maximum Gasteiger partial charge on any atom is 0.315 e. The first-order valence-electron chi connectivity index (χ1n) is 7.91. The van der Waals surface area contributed by atoms with Gasteiger partial charge in [-0.05, 0) is 44.0 Å². The first-order valence-corrected chi connectivity index (χ1v) is 10.5. The lowest BCUT2D eigenvalue weighted by molar-refractivity contribution is -0.140. The van der Waals surface area contributed by atoms with Gasteiger partial charge in [0.2, 0.25) is 0 Å². The first-order chi connectivity index (χ1) is 11.9. The van der Waals surface area contributed by atoms with Crippen molar-refractivity contribution in [3.8, 4) is 5.75 Å². The minimum absolute atomic E-state index is 0.128. The van der Waals surface area contributed by atoms with E-state index in [1.165, 1.54) is 15.6 Å². The predicted molar refractivity (Wildman–Crippen MR) is 97.6 cm³/mol. The van der Waals surface area contributed by atoms with Gasteiger partial charge in [0, 0.05) is 18.0 Å². The van der Waals surface area contributed by atoms with Gasteiger partial charge in [-0.15, -0.1) is 11.3 Å². The van der Waals surface area contributed by atoms with Crippen molar-refractivity contribution in [2.45, 2.75) is 24.0 Å². The summed E-state index contributed by atoms with van der Waals surface area (Å²) in [7, 11) is -3.57. The predicted octanol–water partition coefficient (Wildman–Crippen LogP) is 3.72. The summed E-state index contributed by atoms with van der Waals surface area (Å²) in [6, 6.07) is 10.1. The molecule has 8 heteroatoms. The Hall–Kier alpha value is -1.41. The Balaban J connectivity index is 1.73. The minimum Gasteiger partial charge on any atom is -0.425 e. The molecule has 0 radical (unpaired) electrons. The van der Waals surface area contributed by atoms with Crippen molar-refractivity contribution in [3.63, 3.8) is 0 Å². The third kappa shape index (κ3) is 4.06. The highest BCUT2D eigenvalue weighted by Crippen LogP contribution is 2.30. The standard InChI is InChI=1S/C17H18ClNO4S2/c1-12-8-9-16(24-12)25(21,22)19-10-4-5-13(11-19)17(20)23-15-7-3-2-6-14(15)18/h2-3,6-9,13H,4-5,10-11H2,1H3/t13-/m0/s1. The van der Waals surface area contributed by atoms with Crippen LogP contribution in [0.25, 0.3) is 0 Å². The fourth-order valence-corrected chi connectivity index (χ4v) is 5.89. The third-order valence-electron chi connectivity index (χ3n) is 4.07. The smallest absolute Gasteiger partial charge is 0.315 e. The molecular formula is C17H18ClNO4S2. The van der Waals surface area contributed by atoms with E-state index in [0.717, 1.165) is 4.88 Å². The normalized spacial score (nSPS) is 18.9. The van der Waals surface area contributed by atoms with Gasteiger partial charge in [-0.1, -0.05) is 23.7 Å². The Morgan fingerprint density at radius 1 is 1.28 bits per heavy atom. The lowest BCUT2D eigenvalue weighted by Gasteiger charge is -2.30. The van der Waals surface area contributed by atoms with Crippen molar-refractivity contribution in [1.29, 1.82) is 0 Å². The van der Waals surface area contributed by atoms with Crippen molar-refractivity contribution in [1.82, 2.24) is 4.31 Å². The van der Waals surface area contributed by atoms with Crippen LogP contribution in [-0.2, 0) is 14.8 Å². The van der Waals surface area contributed by atoms with Gasteiger partial charge in [0.25, 0.3) is 10.0 Å². The van der Waals surface area contributed by atoms with E-state index in [4.69, 9.17) is 16.3 Å². The van der Waals surface area contributed by atoms with E-state index in [-0.39, 0.29) is 6.54 Å². The highest BCUT2D eigenvalue weighted by Gasteiger charge is 2.35. The number of hydrogen-bond donors (Lipinski definition) is 0. The summed E-state index contributed by atoms with van der Waals surface area (Å²) in [6.07, 6.45) is 1.21. The molecule has 0 spiro atoms. The van der Waals surface area contributed by atoms with E-state index in [1.807, 2.05) is 6.92 Å². The molecule has 1 aromatic heterocycles. The van der Waals surface area contributed by atoms with E-state index < -0.39 is 21.9 Å². The van der Waals surface area contributed by atoms with Gasteiger partial charge in [0.15, 0.2) is 0 Å². The van der Waals surface area contributed by atoms with E-state index in [0.29, 0.717) is 34.4 Å². The van der Waals surface area contributed by atoms with Gasteiger partial charge in [-0.2, -0.15) is 4.31 Å². The van der Waals surface area contributed by atoms with E-state index in [9.17, 15) is 13.2 Å². The van der Waals surface area contributed by atoms with Crippen molar-refractivity contribution in [3.05, 3.63) is 46.3 Å². The second kappa shape index (κ2) is 7.45. The molecule has 1 aromatic carbocycles. The number of carbonyl (C=O) groups excluding carboxylic acids is 1. The third-order valence-corrected chi connectivity index (χ3v) is 7.72. The molecule has 3 rings (SSSR count). The van der Waals surface area contributed by atoms with Crippen molar-refractivity contribution in [2.75, 3.05) is 13.1 Å². The van der Waals surface area contributed by atoms with Crippen LogP contribution >= 0.6 is 22.9 Å². The molecular weight excluding hydrogens is 382 g/mol. The van der Waals surface area contributed by atoms with Crippen LogP contribution < -0.4 is 4.74 Å². The summed E-state index contributed by atoms with van der Waals surface area (Å²) in [6.45, 7) is 2.40. The van der Waals surface area contributed by atoms with Crippen LogP contribution in [0.2, 0.25) is 5.02 Å². The molecule has 0 amide bonds. The number of ether oxygens (including phenoxy) is 1. The molecule has 1 aliphatic heterocycles. The summed E-state index contributed by atoms with van der Waals surface area (Å²) in [5.74, 6) is -0.653. The highest BCUT2D eigenvalue weighted by atomic mass is 35.5. The van der Waals surface area contributed by atoms with Gasteiger partial charge in [-0.3, -0.25) is 4.79 Å². The van der Waals surface area contributed by atoms with Gasteiger partial charge in [0.05, 0.1) is 10.9 Å². The molecule has 1 atom stereocenters. The van der Waals surface area contributed by atoms with E-state index >= 15 is 0 Å². The van der Waals surface area contributed by atoms with Gasteiger partial charge >= 0.3 is 5.97 Å². The number of carbonyl (C=O) groups is 1. The number of rotatable bonds is 4. The van der Waals surface area contributed by atoms with Gasteiger partial charge < -0.3 is 4.74 Å². The van der Waals surface area contributed by atoms with E-state index in [2.05, 4.69) is 0 Å². The quantitative estimate of drug-likeness (QED) is 0.580. The highest BCUT2D eigenvalue weighted by molar-refractivity contribution is 7.91. The lowest BCUT2D eigenvalue weighted by Crippen LogP contribution is -2.43. The molecule has 1 fully saturated rings. The maximum atomic E-state index is 12.7. The fraction of sp³-hybridized carbons (Fsp3) is 0.353. The summed E-state index contributed by atoms with van der Waals surface area (Å²) >= 11 is 7.25. The Bertz CT molecular complexity index is 878. The average Bonchev–Trinajstić information content (AvgIpc) is 3.04. The number of para-hydroxylation sites is 1. The summed E-state index contributed by atoms with van der Waals surface area (Å²) < 4.78 is 32.5. The van der Waals surface area contributed by atoms with Crippen molar-refractivity contribution < 1.29 is 17.9 Å². The molecule has 2 heterocycles. The topological polar surface area (TPSA) is 63.7 Å². The number of nitrogens with zero attached hydrogens (tertiary/aromatic N) is 1. The van der Waals surface area contributed by atoms with Crippen molar-refractivity contribution in [2.24, 2.45) is 5.92 Å². The monoisotopic (exact) mass is 399 g/mol. The lowest BCUT2D eigenvalue weighted by atomic mass is 10.00. The molecule has 1 aliphatic rings. The van der Waals surface area contributed by atoms with Crippen LogP contribution in [0.5, 0.6) is 5.75 Å². The van der Waals surface area contributed by atoms with Crippen LogP contribution in [0.1, 0.15) is 17.7 Å². The minimum atomic E-state index is -3.57. The number of hydrogen-bond acceptors (Lipinski definition) is 5. The molecule has 2 aromatic rings. The Kier molecular flexibility index (Phi) is 5.48. The fourth-order valence-electron chi connectivity index (χ4n) is 2.75. The van der Waals surface area contributed by atoms with E-state index in [1.54, 1.807) is 36.4 Å². The van der Waals surface area contributed by atoms with Crippen LogP contribution in [0, 0.1) is 12.8 Å². The van der Waals surface area contributed by atoms with Crippen molar-refractivity contribution >= 4 is 38.9 Å². The maximum absolute atomic E-state index is 12.7. The number of thiophene rings is 1. The Morgan fingerprint density at radius 2 is 2.04 bits per heavy atom. The van der Waals surface area contributed by atoms with Gasteiger partial charge in [0.1, 0.15) is 9.96 Å². The number of aryl methyl sites for hydroxylation is 1. The SMILES string of the molecule is Cc1ccc(S(=O)(=O)N2CCC[C@H](C(=O)Oc3ccccc3Cl)C2)s1. The van der Waals surface area contributed by atoms with Crippen LogP contribution in [0.15, 0.2) is 40.6 Å². The Morgan fingerprint density at radius 3 is 2.72 bits per heavy atom. The number of sulfonamides is 1. The summed E-state index contributed by atoms with van der Waals surface area (Å²) in [5, 5.41) is 0.352. The zero-order valence-electron chi connectivity index (χ0n) is 13.6. The molecule has 0 aliphatic carbocycles. The molecule has 25 heavy (non-hydrogen) atoms. The number of halogens is 1.